The van der Waals surface area contributed by atoms with Gasteiger partial charge >= 0.3 is 0 Å². The van der Waals surface area contributed by atoms with Crippen molar-refractivity contribution in [2.24, 2.45) is 7.05 Å². The zero-order valence-electron chi connectivity index (χ0n) is 10.5. The highest BCUT2D eigenvalue weighted by Gasteiger charge is 2.19. The van der Waals surface area contributed by atoms with Crippen LogP contribution in [0, 0.1) is 6.92 Å². The Kier molecular flexibility index (Phi) is 2.68. The number of carbonyl (C=O) groups excluding carboxylic acids is 1. The predicted molar refractivity (Wildman–Crippen MR) is 72.6 cm³/mol. The van der Waals surface area contributed by atoms with E-state index in [9.17, 15) is 4.79 Å². The zero-order chi connectivity index (χ0) is 13.6. The van der Waals surface area contributed by atoms with Crippen LogP contribution in [0.15, 0.2) is 34.9 Å². The summed E-state index contributed by atoms with van der Waals surface area (Å²) in [6.07, 6.45) is 1.69. The number of halogens is 1. The molecule has 1 aromatic carbocycles. The van der Waals surface area contributed by atoms with Crippen molar-refractivity contribution in [1.82, 2.24) is 9.78 Å². The first-order valence-electron chi connectivity index (χ1n) is 5.79. The van der Waals surface area contributed by atoms with Gasteiger partial charge in [0.2, 0.25) is 5.78 Å². The van der Waals surface area contributed by atoms with Crippen LogP contribution in [0.2, 0.25) is 5.02 Å². The number of nitrogens with zero attached hydrogens (tertiary/aromatic N) is 2. The third-order valence-electron chi connectivity index (χ3n) is 2.98. The Morgan fingerprint density at radius 3 is 2.84 bits per heavy atom. The minimum Gasteiger partial charge on any atom is -0.451 e. The van der Waals surface area contributed by atoms with E-state index in [-0.39, 0.29) is 11.5 Å². The average molecular weight is 275 g/mol. The van der Waals surface area contributed by atoms with Crippen molar-refractivity contribution in [3.8, 4) is 0 Å². The molecule has 2 heterocycles. The van der Waals surface area contributed by atoms with E-state index in [2.05, 4.69) is 5.10 Å². The summed E-state index contributed by atoms with van der Waals surface area (Å²) >= 11 is 6.03. The van der Waals surface area contributed by atoms with E-state index in [1.807, 2.05) is 12.1 Å². The minimum absolute atomic E-state index is 0.183. The van der Waals surface area contributed by atoms with Gasteiger partial charge in [-0.25, -0.2) is 0 Å². The molecule has 0 radical (unpaired) electrons. The lowest BCUT2D eigenvalue weighted by molar-refractivity contribution is 0.101. The highest BCUT2D eigenvalue weighted by atomic mass is 35.5. The Balaban J connectivity index is 2.12. The predicted octanol–water partition coefficient (Wildman–Crippen LogP) is 3.36. The number of hydrogen-bond acceptors (Lipinski definition) is 3. The van der Waals surface area contributed by atoms with Crippen molar-refractivity contribution in [1.29, 1.82) is 0 Å². The Morgan fingerprint density at radius 1 is 1.42 bits per heavy atom. The molecule has 0 aliphatic carbocycles. The fourth-order valence-electron chi connectivity index (χ4n) is 2.09. The number of ketones is 1. The normalized spacial score (nSPS) is 11.1. The molecule has 4 nitrogen and oxygen atoms in total. The summed E-state index contributed by atoms with van der Waals surface area (Å²) in [5.41, 5.74) is 1.76. The molecule has 96 valence electrons. The van der Waals surface area contributed by atoms with Gasteiger partial charge in [-0.1, -0.05) is 23.7 Å². The van der Waals surface area contributed by atoms with Crippen molar-refractivity contribution in [2.75, 3.05) is 0 Å². The van der Waals surface area contributed by atoms with E-state index in [1.54, 1.807) is 37.0 Å². The van der Waals surface area contributed by atoms with Crippen molar-refractivity contribution in [3.63, 3.8) is 0 Å². The summed E-state index contributed by atoms with van der Waals surface area (Å²) < 4.78 is 7.17. The van der Waals surface area contributed by atoms with Gasteiger partial charge in [0.1, 0.15) is 0 Å². The molecule has 19 heavy (non-hydrogen) atoms. The Labute approximate surface area is 114 Å². The van der Waals surface area contributed by atoms with E-state index in [1.165, 1.54) is 0 Å². The summed E-state index contributed by atoms with van der Waals surface area (Å²) in [5, 5.41) is 5.47. The van der Waals surface area contributed by atoms with Crippen molar-refractivity contribution < 1.29 is 9.21 Å². The maximum absolute atomic E-state index is 12.4. The Morgan fingerprint density at radius 2 is 2.21 bits per heavy atom. The first-order valence-corrected chi connectivity index (χ1v) is 6.17. The van der Waals surface area contributed by atoms with Crippen LogP contribution < -0.4 is 0 Å². The van der Waals surface area contributed by atoms with E-state index in [0.717, 1.165) is 5.39 Å². The Bertz CT molecular complexity index is 786. The summed E-state index contributed by atoms with van der Waals surface area (Å²) in [5.74, 6) is 0.0945. The van der Waals surface area contributed by atoms with Gasteiger partial charge < -0.3 is 4.42 Å². The molecule has 3 aromatic rings. The number of carbonyl (C=O) groups is 1. The van der Waals surface area contributed by atoms with Gasteiger partial charge in [0.15, 0.2) is 11.3 Å². The fourth-order valence-corrected chi connectivity index (χ4v) is 2.32. The quantitative estimate of drug-likeness (QED) is 0.673. The van der Waals surface area contributed by atoms with Gasteiger partial charge in [0.25, 0.3) is 0 Å². The molecule has 5 heteroatoms. The largest absolute Gasteiger partial charge is 0.451 e. The molecule has 0 unspecified atom stereocenters. The number of aromatic nitrogens is 2. The monoisotopic (exact) mass is 274 g/mol. The van der Waals surface area contributed by atoms with Crippen LogP contribution in [0.4, 0.5) is 0 Å². The second-order valence-corrected chi connectivity index (χ2v) is 4.81. The van der Waals surface area contributed by atoms with Crippen LogP contribution in [-0.4, -0.2) is 15.6 Å². The minimum atomic E-state index is -0.183. The van der Waals surface area contributed by atoms with E-state index >= 15 is 0 Å². The second kappa shape index (κ2) is 4.24. The van der Waals surface area contributed by atoms with Crippen LogP contribution in [0.5, 0.6) is 0 Å². The lowest BCUT2D eigenvalue weighted by Gasteiger charge is -1.93. The molecule has 0 atom stereocenters. The van der Waals surface area contributed by atoms with E-state index in [4.69, 9.17) is 16.0 Å². The van der Waals surface area contributed by atoms with Crippen LogP contribution in [0.1, 0.15) is 21.8 Å². The standard InChI is InChI=1S/C14H11ClN2O2/c1-8-10(7-17(2)16-8)13(18)12-6-9-4-3-5-11(15)14(9)19-12/h3-7H,1-2H3. The summed E-state index contributed by atoms with van der Waals surface area (Å²) in [7, 11) is 1.78. The van der Waals surface area contributed by atoms with Crippen molar-refractivity contribution in [2.45, 2.75) is 6.92 Å². The average Bonchev–Trinajstić information content (AvgIpc) is 2.93. The first-order chi connectivity index (χ1) is 9.06. The third kappa shape index (κ3) is 1.94. The zero-order valence-corrected chi connectivity index (χ0v) is 11.2. The molecule has 0 bridgehead atoms. The van der Waals surface area contributed by atoms with Gasteiger partial charge in [-0.15, -0.1) is 0 Å². The number of furan rings is 1. The number of fused-ring (bicyclic) bond motifs is 1. The first kappa shape index (κ1) is 12.0. The van der Waals surface area contributed by atoms with E-state index in [0.29, 0.717) is 21.9 Å². The van der Waals surface area contributed by atoms with Gasteiger partial charge in [0.05, 0.1) is 16.3 Å². The molecule has 0 saturated heterocycles. The molecule has 0 spiro atoms. The maximum atomic E-state index is 12.4. The number of benzene rings is 1. The highest BCUT2D eigenvalue weighted by Crippen LogP contribution is 2.28. The topological polar surface area (TPSA) is 48.0 Å². The van der Waals surface area contributed by atoms with Gasteiger partial charge in [-0.2, -0.15) is 5.10 Å². The molecule has 0 aliphatic rings. The molecule has 0 saturated carbocycles. The molecule has 0 N–H and O–H groups in total. The number of para-hydroxylation sites is 1. The second-order valence-electron chi connectivity index (χ2n) is 4.40. The van der Waals surface area contributed by atoms with Gasteiger partial charge in [0, 0.05) is 18.6 Å². The Hall–Kier alpha value is -2.07. The molecular weight excluding hydrogens is 264 g/mol. The van der Waals surface area contributed by atoms with Crippen LogP contribution in [0.25, 0.3) is 11.0 Å². The number of rotatable bonds is 2. The van der Waals surface area contributed by atoms with Crippen LogP contribution in [-0.2, 0) is 7.05 Å². The molecule has 0 fully saturated rings. The fraction of sp³-hybridized carbons (Fsp3) is 0.143. The summed E-state index contributed by atoms with van der Waals surface area (Å²) in [4.78, 5) is 12.4. The van der Waals surface area contributed by atoms with Crippen molar-refractivity contribution in [3.05, 3.63) is 52.5 Å². The number of hydrogen-bond donors (Lipinski definition) is 0. The van der Waals surface area contributed by atoms with Crippen LogP contribution >= 0.6 is 11.6 Å². The number of aryl methyl sites for hydroxylation is 2. The molecule has 3 rings (SSSR count). The smallest absolute Gasteiger partial charge is 0.231 e. The molecule has 0 aliphatic heterocycles. The van der Waals surface area contributed by atoms with Gasteiger partial charge in [-0.05, 0) is 19.1 Å². The lowest BCUT2D eigenvalue weighted by Crippen LogP contribution is -1.99. The SMILES string of the molecule is Cc1nn(C)cc1C(=O)c1cc2cccc(Cl)c2o1. The molecule has 0 amide bonds. The van der Waals surface area contributed by atoms with Gasteiger partial charge in [-0.3, -0.25) is 9.48 Å². The third-order valence-corrected chi connectivity index (χ3v) is 3.28. The van der Waals surface area contributed by atoms with Crippen LogP contribution in [0.3, 0.4) is 0 Å². The van der Waals surface area contributed by atoms with Crippen molar-refractivity contribution >= 4 is 28.4 Å². The summed E-state index contributed by atoms with van der Waals surface area (Å²) in [6, 6.07) is 7.12. The molecular formula is C14H11ClN2O2. The molecule has 2 aromatic heterocycles. The lowest BCUT2D eigenvalue weighted by atomic mass is 10.1. The maximum Gasteiger partial charge on any atom is 0.231 e. The summed E-state index contributed by atoms with van der Waals surface area (Å²) in [6.45, 7) is 1.79. The highest BCUT2D eigenvalue weighted by molar-refractivity contribution is 6.35. The van der Waals surface area contributed by atoms with E-state index < -0.39 is 0 Å².